The number of benzene rings is 1. The quantitative estimate of drug-likeness (QED) is 0.335. The standard InChI is InChI=1S/C31H35N7O/c1-20(2)13-28(39)35-24-14-23(16-32-17-24)22-9-8-21-7-6-10-34-29(25(21)15-22)31-36-26-18-33-19-27(30(26)37-31)38-11-4-3-5-12-38/h8-9,14-20H,3-7,10-13H2,1-2H3,(H,35,39)(H,36,37). The van der Waals surface area contributed by atoms with Crippen molar-refractivity contribution in [3.8, 4) is 11.1 Å². The Morgan fingerprint density at radius 3 is 2.69 bits per heavy atom. The first-order chi connectivity index (χ1) is 19.0. The molecule has 0 unspecified atom stereocenters. The molecule has 2 aliphatic rings. The van der Waals surface area contributed by atoms with Crippen molar-refractivity contribution in [3.63, 3.8) is 0 Å². The first-order valence-electron chi connectivity index (χ1n) is 14.1. The predicted octanol–water partition coefficient (Wildman–Crippen LogP) is 5.78. The summed E-state index contributed by atoms with van der Waals surface area (Å²) in [5, 5.41) is 2.99. The molecule has 4 aromatic rings. The van der Waals surface area contributed by atoms with Crippen molar-refractivity contribution in [2.45, 2.75) is 52.4 Å². The van der Waals surface area contributed by atoms with Crippen LogP contribution in [0, 0.1) is 5.92 Å². The van der Waals surface area contributed by atoms with Crippen molar-refractivity contribution in [2.24, 2.45) is 10.9 Å². The Morgan fingerprint density at radius 1 is 1.00 bits per heavy atom. The van der Waals surface area contributed by atoms with E-state index >= 15 is 0 Å². The van der Waals surface area contributed by atoms with E-state index in [1.54, 1.807) is 6.20 Å². The molecule has 3 aromatic heterocycles. The average molecular weight is 522 g/mol. The van der Waals surface area contributed by atoms with E-state index in [0.717, 1.165) is 77.4 Å². The van der Waals surface area contributed by atoms with Crippen molar-refractivity contribution in [1.29, 1.82) is 0 Å². The molecule has 8 nitrogen and oxygen atoms in total. The molecule has 0 radical (unpaired) electrons. The Bertz CT molecular complexity index is 1530. The van der Waals surface area contributed by atoms with Crippen LogP contribution in [0.2, 0.25) is 0 Å². The molecule has 2 aliphatic heterocycles. The highest BCUT2D eigenvalue weighted by Gasteiger charge is 2.22. The Hall–Kier alpha value is -4.07. The number of anilines is 2. The van der Waals surface area contributed by atoms with Gasteiger partial charge in [-0.05, 0) is 61.3 Å². The molecule has 2 N–H and O–H groups in total. The minimum absolute atomic E-state index is 0.00333. The summed E-state index contributed by atoms with van der Waals surface area (Å²) in [5.74, 6) is 1.08. The Labute approximate surface area is 229 Å². The van der Waals surface area contributed by atoms with Crippen LogP contribution < -0.4 is 10.2 Å². The van der Waals surface area contributed by atoms with Crippen molar-refractivity contribution in [1.82, 2.24) is 19.9 Å². The molecule has 1 fully saturated rings. The largest absolute Gasteiger partial charge is 0.368 e. The SMILES string of the molecule is CC(C)CC(=O)Nc1cncc(-c2ccc3c(c2)C(c2nc4c(N5CCCCC5)cncc4[nH]2)=NCCC3)c1. The van der Waals surface area contributed by atoms with E-state index in [1.165, 1.54) is 24.8 Å². The fraction of sp³-hybridized carbons (Fsp3) is 0.387. The summed E-state index contributed by atoms with van der Waals surface area (Å²) in [6, 6.07) is 8.50. The zero-order chi connectivity index (χ0) is 26.8. The van der Waals surface area contributed by atoms with Crippen molar-refractivity contribution in [3.05, 3.63) is 66.0 Å². The number of aryl methyl sites for hydroxylation is 1. The molecule has 39 heavy (non-hydrogen) atoms. The number of nitrogens with one attached hydrogen (secondary N) is 2. The number of pyridine rings is 2. The number of hydrogen-bond acceptors (Lipinski definition) is 6. The van der Waals surface area contributed by atoms with Crippen LogP contribution in [0.25, 0.3) is 22.2 Å². The van der Waals surface area contributed by atoms with E-state index in [4.69, 9.17) is 9.98 Å². The number of fused-ring (bicyclic) bond motifs is 2. The van der Waals surface area contributed by atoms with Gasteiger partial charge in [0.25, 0.3) is 0 Å². The Balaban J connectivity index is 1.35. The minimum atomic E-state index is 0.00333. The van der Waals surface area contributed by atoms with Crippen molar-refractivity contribution >= 4 is 34.0 Å². The van der Waals surface area contributed by atoms with Gasteiger partial charge in [-0.15, -0.1) is 0 Å². The van der Waals surface area contributed by atoms with Gasteiger partial charge in [-0.3, -0.25) is 19.8 Å². The molecule has 8 heteroatoms. The van der Waals surface area contributed by atoms with Gasteiger partial charge in [0, 0.05) is 43.4 Å². The summed E-state index contributed by atoms with van der Waals surface area (Å²) >= 11 is 0. The van der Waals surface area contributed by atoms with E-state index in [1.807, 2.05) is 38.5 Å². The summed E-state index contributed by atoms with van der Waals surface area (Å²) in [4.78, 5) is 37.3. The van der Waals surface area contributed by atoms with Gasteiger partial charge in [-0.25, -0.2) is 4.98 Å². The smallest absolute Gasteiger partial charge is 0.224 e. The van der Waals surface area contributed by atoms with Crippen molar-refractivity contribution in [2.75, 3.05) is 29.9 Å². The molecule has 200 valence electrons. The van der Waals surface area contributed by atoms with E-state index < -0.39 is 0 Å². The fourth-order valence-electron chi connectivity index (χ4n) is 5.59. The zero-order valence-corrected chi connectivity index (χ0v) is 22.7. The maximum Gasteiger partial charge on any atom is 0.224 e. The van der Waals surface area contributed by atoms with Crippen LogP contribution in [0.5, 0.6) is 0 Å². The van der Waals surface area contributed by atoms with Gasteiger partial charge in [-0.2, -0.15) is 0 Å². The number of aromatic amines is 1. The number of rotatable bonds is 6. The van der Waals surface area contributed by atoms with E-state index in [2.05, 4.69) is 43.4 Å². The number of amides is 1. The monoisotopic (exact) mass is 521 g/mol. The first-order valence-corrected chi connectivity index (χ1v) is 14.1. The molecule has 6 rings (SSSR count). The molecule has 1 amide bonds. The topological polar surface area (TPSA) is 99.2 Å². The van der Waals surface area contributed by atoms with Gasteiger partial charge in [-0.1, -0.05) is 26.0 Å². The highest BCUT2D eigenvalue weighted by atomic mass is 16.1. The molecule has 1 saturated heterocycles. The lowest BCUT2D eigenvalue weighted by molar-refractivity contribution is -0.116. The third kappa shape index (κ3) is 5.41. The molecule has 1 aromatic carbocycles. The number of piperidine rings is 1. The number of aromatic nitrogens is 4. The lowest BCUT2D eigenvalue weighted by Crippen LogP contribution is -2.29. The molecule has 0 spiro atoms. The molecular formula is C31H35N7O. The van der Waals surface area contributed by atoms with E-state index in [0.29, 0.717) is 18.0 Å². The summed E-state index contributed by atoms with van der Waals surface area (Å²) in [6.07, 6.45) is 13.5. The number of carbonyl (C=O) groups excluding carboxylic acids is 1. The third-order valence-electron chi connectivity index (χ3n) is 7.48. The third-order valence-corrected chi connectivity index (χ3v) is 7.48. The van der Waals surface area contributed by atoms with Crippen LogP contribution in [0.1, 0.15) is 62.9 Å². The van der Waals surface area contributed by atoms with Crippen LogP contribution >= 0.6 is 0 Å². The molecule has 0 aliphatic carbocycles. The highest BCUT2D eigenvalue weighted by Crippen LogP contribution is 2.30. The Morgan fingerprint density at radius 2 is 1.85 bits per heavy atom. The van der Waals surface area contributed by atoms with Gasteiger partial charge in [0.1, 0.15) is 11.2 Å². The van der Waals surface area contributed by atoms with Crippen LogP contribution in [0.3, 0.4) is 0 Å². The number of aliphatic imine (C=N–C) groups is 1. The fourth-order valence-corrected chi connectivity index (χ4v) is 5.59. The van der Waals surface area contributed by atoms with Gasteiger partial charge in [0.2, 0.25) is 5.91 Å². The summed E-state index contributed by atoms with van der Waals surface area (Å²) in [6.45, 7) is 6.92. The second kappa shape index (κ2) is 11.0. The average Bonchev–Trinajstić information content (AvgIpc) is 3.26. The number of hydrogen-bond donors (Lipinski definition) is 2. The number of carbonyl (C=O) groups is 1. The maximum absolute atomic E-state index is 12.3. The van der Waals surface area contributed by atoms with Crippen LogP contribution in [0.4, 0.5) is 11.4 Å². The number of nitrogens with zero attached hydrogens (tertiary/aromatic N) is 5. The number of H-pyrrole nitrogens is 1. The van der Waals surface area contributed by atoms with Gasteiger partial charge >= 0.3 is 0 Å². The normalized spacial score (nSPS) is 15.7. The van der Waals surface area contributed by atoms with Crippen LogP contribution in [-0.2, 0) is 11.2 Å². The van der Waals surface area contributed by atoms with Crippen LogP contribution in [0.15, 0.2) is 54.0 Å². The summed E-state index contributed by atoms with van der Waals surface area (Å²) in [7, 11) is 0. The second-order valence-electron chi connectivity index (χ2n) is 11.0. The van der Waals surface area contributed by atoms with Gasteiger partial charge in [0.15, 0.2) is 5.82 Å². The molecule has 0 atom stereocenters. The summed E-state index contributed by atoms with van der Waals surface area (Å²) < 4.78 is 0. The molecule has 5 heterocycles. The molecular weight excluding hydrogens is 486 g/mol. The zero-order valence-electron chi connectivity index (χ0n) is 22.7. The first kappa shape index (κ1) is 25.2. The number of imidazole rings is 1. The van der Waals surface area contributed by atoms with E-state index in [-0.39, 0.29) is 5.91 Å². The molecule has 0 saturated carbocycles. The van der Waals surface area contributed by atoms with E-state index in [9.17, 15) is 4.79 Å². The Kier molecular flexibility index (Phi) is 7.09. The maximum atomic E-state index is 12.3. The second-order valence-corrected chi connectivity index (χ2v) is 11.0. The minimum Gasteiger partial charge on any atom is -0.368 e. The van der Waals surface area contributed by atoms with Crippen LogP contribution in [-0.4, -0.2) is 51.2 Å². The predicted molar refractivity (Wildman–Crippen MR) is 157 cm³/mol. The summed E-state index contributed by atoms with van der Waals surface area (Å²) in [5.41, 5.74) is 8.92. The van der Waals surface area contributed by atoms with Crippen molar-refractivity contribution < 1.29 is 4.79 Å². The van der Waals surface area contributed by atoms with Gasteiger partial charge < -0.3 is 15.2 Å². The molecule has 0 bridgehead atoms. The lowest BCUT2D eigenvalue weighted by Gasteiger charge is -2.28. The van der Waals surface area contributed by atoms with Gasteiger partial charge in [0.05, 0.1) is 35.5 Å². The highest BCUT2D eigenvalue weighted by molar-refractivity contribution is 6.13. The lowest BCUT2D eigenvalue weighted by atomic mass is 9.95.